The fraction of sp³-hybridized carbons (Fsp3) is 0.150. The van der Waals surface area contributed by atoms with Gasteiger partial charge in [0.1, 0.15) is 0 Å². The molecule has 1 fully saturated rings. The number of carbonyl (C=O) groups excluding carboxylic acids is 1. The minimum absolute atomic E-state index is 0.0996. The molecule has 0 aliphatic heterocycles. The zero-order valence-corrected chi connectivity index (χ0v) is 13.2. The number of nitrogens with one attached hydrogen (secondary N) is 1. The highest BCUT2D eigenvalue weighted by molar-refractivity contribution is 6.01. The van der Waals surface area contributed by atoms with Crippen molar-refractivity contribution in [1.82, 2.24) is 0 Å². The number of hydrogen-bond donors (Lipinski definition) is 3. The van der Waals surface area contributed by atoms with Gasteiger partial charge in [0, 0.05) is 5.69 Å². The van der Waals surface area contributed by atoms with Crippen LogP contribution in [-0.4, -0.2) is 16.1 Å². The number of carbonyl (C=O) groups is 1. The maximum atomic E-state index is 12.7. The smallest absolute Gasteiger partial charge is 0.235 e. The quantitative estimate of drug-likeness (QED) is 0.576. The molecule has 0 spiro atoms. The van der Waals surface area contributed by atoms with Crippen LogP contribution >= 0.6 is 0 Å². The standard InChI is InChI=1S/C20H19NO3/c1-2-3-5-14-6-4-7-16(12-14)21-19(24)20(10-11-20)15-8-9-17(22)18(23)13-15/h2-9,12-13,22-23H,1,10-11H2,(H,21,24)/b5-3+. The van der Waals surface area contributed by atoms with Crippen molar-refractivity contribution in [3.8, 4) is 11.5 Å². The summed E-state index contributed by atoms with van der Waals surface area (Å²) in [5, 5.41) is 22.1. The minimum atomic E-state index is -0.627. The van der Waals surface area contributed by atoms with E-state index in [4.69, 9.17) is 0 Å². The lowest BCUT2D eigenvalue weighted by Gasteiger charge is -2.16. The Labute approximate surface area is 140 Å². The number of benzene rings is 2. The molecule has 4 heteroatoms. The van der Waals surface area contributed by atoms with Gasteiger partial charge in [-0.15, -0.1) is 0 Å². The Balaban J connectivity index is 1.80. The van der Waals surface area contributed by atoms with E-state index in [9.17, 15) is 15.0 Å². The SMILES string of the molecule is C=C/C=C/c1cccc(NC(=O)C2(c3ccc(O)c(O)c3)CC2)c1. The maximum Gasteiger partial charge on any atom is 0.235 e. The van der Waals surface area contributed by atoms with Gasteiger partial charge in [0.25, 0.3) is 0 Å². The number of phenols is 2. The maximum absolute atomic E-state index is 12.7. The number of anilines is 1. The Morgan fingerprint density at radius 1 is 1.12 bits per heavy atom. The molecule has 1 aliphatic rings. The Morgan fingerprint density at radius 2 is 1.92 bits per heavy atom. The molecule has 2 aromatic carbocycles. The predicted octanol–water partition coefficient (Wildman–Crippen LogP) is 3.97. The number of rotatable bonds is 5. The van der Waals surface area contributed by atoms with Crippen LogP contribution in [0.3, 0.4) is 0 Å². The first-order valence-corrected chi connectivity index (χ1v) is 7.78. The summed E-state index contributed by atoms with van der Waals surface area (Å²) in [6, 6.07) is 12.1. The largest absolute Gasteiger partial charge is 0.504 e. The second kappa shape index (κ2) is 6.24. The third kappa shape index (κ3) is 3.04. The van der Waals surface area contributed by atoms with Crippen LogP contribution in [0.2, 0.25) is 0 Å². The van der Waals surface area contributed by atoms with Crippen molar-refractivity contribution in [2.45, 2.75) is 18.3 Å². The topological polar surface area (TPSA) is 69.6 Å². The lowest BCUT2D eigenvalue weighted by atomic mass is 9.94. The average molecular weight is 321 g/mol. The van der Waals surface area contributed by atoms with Crippen molar-refractivity contribution in [3.63, 3.8) is 0 Å². The van der Waals surface area contributed by atoms with Crippen molar-refractivity contribution in [2.75, 3.05) is 5.32 Å². The molecule has 3 rings (SSSR count). The number of allylic oxidation sites excluding steroid dienone is 2. The van der Waals surface area contributed by atoms with Crippen LogP contribution in [0.1, 0.15) is 24.0 Å². The molecule has 0 radical (unpaired) electrons. The van der Waals surface area contributed by atoms with Gasteiger partial charge in [-0.3, -0.25) is 4.79 Å². The summed E-state index contributed by atoms with van der Waals surface area (Å²) in [7, 11) is 0. The first-order valence-electron chi connectivity index (χ1n) is 7.78. The van der Waals surface area contributed by atoms with Gasteiger partial charge in [0.2, 0.25) is 5.91 Å². The number of phenolic OH excluding ortho intramolecular Hbond substituents is 2. The number of amides is 1. The molecule has 2 aromatic rings. The van der Waals surface area contributed by atoms with Gasteiger partial charge in [-0.05, 0) is 48.2 Å². The molecule has 1 saturated carbocycles. The Bertz CT molecular complexity index is 819. The summed E-state index contributed by atoms with van der Waals surface area (Å²) in [5.41, 5.74) is 1.79. The first kappa shape index (κ1) is 15.9. The van der Waals surface area contributed by atoms with E-state index >= 15 is 0 Å². The Hall–Kier alpha value is -3.01. The van der Waals surface area contributed by atoms with Crippen molar-refractivity contribution >= 4 is 17.7 Å². The second-order valence-electron chi connectivity index (χ2n) is 5.96. The summed E-state index contributed by atoms with van der Waals surface area (Å²) in [4.78, 5) is 12.7. The molecule has 0 unspecified atom stereocenters. The van der Waals surface area contributed by atoms with E-state index in [0.717, 1.165) is 29.7 Å². The molecular formula is C20H19NO3. The van der Waals surface area contributed by atoms with Crippen LogP contribution in [0, 0.1) is 0 Å². The Morgan fingerprint density at radius 3 is 2.58 bits per heavy atom. The van der Waals surface area contributed by atoms with E-state index in [0.29, 0.717) is 0 Å². The molecule has 1 aliphatic carbocycles. The normalized spacial score (nSPS) is 15.2. The van der Waals surface area contributed by atoms with Crippen molar-refractivity contribution in [1.29, 1.82) is 0 Å². The highest BCUT2D eigenvalue weighted by atomic mass is 16.3. The van der Waals surface area contributed by atoms with Crippen LogP contribution in [0.25, 0.3) is 6.08 Å². The monoisotopic (exact) mass is 321 g/mol. The summed E-state index contributed by atoms with van der Waals surface area (Å²) < 4.78 is 0. The highest BCUT2D eigenvalue weighted by Crippen LogP contribution is 2.50. The van der Waals surface area contributed by atoms with E-state index in [1.54, 1.807) is 12.1 Å². The van der Waals surface area contributed by atoms with E-state index < -0.39 is 5.41 Å². The molecular weight excluding hydrogens is 302 g/mol. The second-order valence-corrected chi connectivity index (χ2v) is 5.96. The molecule has 3 N–H and O–H groups in total. The molecule has 0 heterocycles. The molecule has 24 heavy (non-hydrogen) atoms. The van der Waals surface area contributed by atoms with Crippen molar-refractivity contribution in [3.05, 3.63) is 72.3 Å². The summed E-state index contributed by atoms with van der Waals surface area (Å²) in [5.74, 6) is -0.489. The highest BCUT2D eigenvalue weighted by Gasteiger charge is 2.51. The van der Waals surface area contributed by atoms with E-state index in [2.05, 4.69) is 11.9 Å². The predicted molar refractivity (Wildman–Crippen MR) is 95.0 cm³/mol. The Kier molecular flexibility index (Phi) is 4.13. The molecule has 4 nitrogen and oxygen atoms in total. The van der Waals surface area contributed by atoms with Crippen LogP contribution < -0.4 is 5.32 Å². The van der Waals surface area contributed by atoms with Crippen molar-refractivity contribution in [2.24, 2.45) is 0 Å². The van der Waals surface area contributed by atoms with Gasteiger partial charge < -0.3 is 15.5 Å². The van der Waals surface area contributed by atoms with Crippen LogP contribution in [0.15, 0.2) is 61.2 Å². The number of hydrogen-bond acceptors (Lipinski definition) is 3. The summed E-state index contributed by atoms with van der Waals surface area (Å²) in [6.07, 6.45) is 6.88. The van der Waals surface area contributed by atoms with Gasteiger partial charge in [-0.1, -0.05) is 43.0 Å². The molecule has 0 saturated heterocycles. The zero-order valence-electron chi connectivity index (χ0n) is 13.2. The zero-order chi connectivity index (χ0) is 17.2. The average Bonchev–Trinajstić information content (AvgIpc) is 3.38. The number of aromatic hydroxyl groups is 2. The van der Waals surface area contributed by atoms with Gasteiger partial charge in [0.15, 0.2) is 11.5 Å². The van der Waals surface area contributed by atoms with E-state index in [-0.39, 0.29) is 17.4 Å². The van der Waals surface area contributed by atoms with Crippen molar-refractivity contribution < 1.29 is 15.0 Å². The van der Waals surface area contributed by atoms with Gasteiger partial charge in [-0.25, -0.2) is 0 Å². The van der Waals surface area contributed by atoms with Crippen LogP contribution in [0.4, 0.5) is 5.69 Å². The third-order valence-electron chi connectivity index (χ3n) is 4.28. The van der Waals surface area contributed by atoms with E-state index in [1.807, 2.05) is 36.4 Å². The summed E-state index contributed by atoms with van der Waals surface area (Å²) in [6.45, 7) is 3.64. The fourth-order valence-corrected chi connectivity index (χ4v) is 2.74. The lowest BCUT2D eigenvalue weighted by Crippen LogP contribution is -2.27. The van der Waals surface area contributed by atoms with Gasteiger partial charge >= 0.3 is 0 Å². The lowest BCUT2D eigenvalue weighted by molar-refractivity contribution is -0.118. The molecule has 122 valence electrons. The first-order chi connectivity index (χ1) is 11.5. The fourth-order valence-electron chi connectivity index (χ4n) is 2.74. The molecule has 1 amide bonds. The summed E-state index contributed by atoms with van der Waals surface area (Å²) >= 11 is 0. The van der Waals surface area contributed by atoms with E-state index in [1.165, 1.54) is 12.1 Å². The van der Waals surface area contributed by atoms with Crippen LogP contribution in [0.5, 0.6) is 11.5 Å². The third-order valence-corrected chi connectivity index (χ3v) is 4.28. The minimum Gasteiger partial charge on any atom is -0.504 e. The molecule has 0 atom stereocenters. The molecule has 0 aromatic heterocycles. The van der Waals surface area contributed by atoms with Gasteiger partial charge in [-0.2, -0.15) is 0 Å². The molecule has 0 bridgehead atoms. The van der Waals surface area contributed by atoms with Crippen LogP contribution in [-0.2, 0) is 10.2 Å². The van der Waals surface area contributed by atoms with Gasteiger partial charge in [0.05, 0.1) is 5.41 Å².